The van der Waals surface area contributed by atoms with Crippen molar-refractivity contribution in [1.82, 2.24) is 5.32 Å². The van der Waals surface area contributed by atoms with E-state index in [2.05, 4.69) is 11.4 Å². The number of benzene rings is 1. The van der Waals surface area contributed by atoms with Gasteiger partial charge in [0.05, 0.1) is 0 Å². The lowest BCUT2D eigenvalue weighted by atomic mass is 9.87. The molecule has 1 atom stereocenters. The van der Waals surface area contributed by atoms with Crippen molar-refractivity contribution in [2.45, 2.75) is 18.9 Å². The molecular formula is C13H18ClNO. The van der Waals surface area contributed by atoms with Crippen LogP contribution in [-0.2, 0) is 4.74 Å². The molecule has 1 heterocycles. The van der Waals surface area contributed by atoms with E-state index in [-0.39, 0.29) is 0 Å². The second-order valence-corrected chi connectivity index (χ2v) is 4.64. The Hall–Kier alpha value is -0.570. The van der Waals surface area contributed by atoms with Crippen LogP contribution in [0.25, 0.3) is 0 Å². The normalized spacial score (nSPS) is 19.6. The van der Waals surface area contributed by atoms with Crippen molar-refractivity contribution in [2.24, 2.45) is 5.92 Å². The molecule has 2 nitrogen and oxygen atoms in total. The number of ether oxygens (including phenoxy) is 1. The van der Waals surface area contributed by atoms with Gasteiger partial charge in [0.25, 0.3) is 0 Å². The fraction of sp³-hybridized carbons (Fsp3) is 0.538. The summed E-state index contributed by atoms with van der Waals surface area (Å²) >= 11 is 6.25. The summed E-state index contributed by atoms with van der Waals surface area (Å²) in [4.78, 5) is 0. The van der Waals surface area contributed by atoms with E-state index < -0.39 is 0 Å². The van der Waals surface area contributed by atoms with Crippen LogP contribution in [0.1, 0.15) is 24.4 Å². The fourth-order valence-electron chi connectivity index (χ4n) is 2.42. The molecule has 2 rings (SSSR count). The molecule has 1 aliphatic rings. The maximum atomic E-state index is 6.25. The van der Waals surface area contributed by atoms with Crippen molar-refractivity contribution >= 4 is 11.6 Å². The van der Waals surface area contributed by atoms with Crippen LogP contribution in [-0.4, -0.2) is 20.3 Å². The molecule has 1 N–H and O–H groups in total. The Balaban J connectivity index is 2.18. The zero-order valence-corrected chi connectivity index (χ0v) is 10.3. The Labute approximate surface area is 102 Å². The highest BCUT2D eigenvalue weighted by molar-refractivity contribution is 6.31. The molecular weight excluding hydrogens is 222 g/mol. The monoisotopic (exact) mass is 239 g/mol. The molecule has 0 amide bonds. The minimum absolute atomic E-state index is 0.345. The van der Waals surface area contributed by atoms with Crippen molar-refractivity contribution in [3.05, 3.63) is 34.9 Å². The second kappa shape index (κ2) is 5.67. The summed E-state index contributed by atoms with van der Waals surface area (Å²) in [5, 5.41) is 4.24. The number of halogens is 1. The fourth-order valence-corrected chi connectivity index (χ4v) is 2.67. The molecule has 0 bridgehead atoms. The van der Waals surface area contributed by atoms with Gasteiger partial charge in [0.15, 0.2) is 0 Å². The SMILES string of the molecule is CNC(c1ccccc1Cl)C1CCOCC1. The number of hydrogen-bond acceptors (Lipinski definition) is 2. The van der Waals surface area contributed by atoms with E-state index in [1.165, 1.54) is 5.56 Å². The molecule has 1 fully saturated rings. The smallest absolute Gasteiger partial charge is 0.0469 e. The van der Waals surface area contributed by atoms with Gasteiger partial charge in [-0.1, -0.05) is 29.8 Å². The molecule has 0 spiro atoms. The van der Waals surface area contributed by atoms with Crippen LogP contribution in [0.2, 0.25) is 5.02 Å². The average Bonchev–Trinajstić information content (AvgIpc) is 2.34. The van der Waals surface area contributed by atoms with E-state index in [0.29, 0.717) is 12.0 Å². The Morgan fingerprint density at radius 1 is 1.31 bits per heavy atom. The summed E-state index contributed by atoms with van der Waals surface area (Å²) in [7, 11) is 2.00. The summed E-state index contributed by atoms with van der Waals surface area (Å²) in [5.74, 6) is 0.624. The van der Waals surface area contributed by atoms with Crippen LogP contribution in [0.3, 0.4) is 0 Å². The van der Waals surface area contributed by atoms with Crippen LogP contribution in [0.4, 0.5) is 0 Å². The van der Waals surface area contributed by atoms with Crippen molar-refractivity contribution < 1.29 is 4.74 Å². The van der Waals surface area contributed by atoms with Gasteiger partial charge in [-0.2, -0.15) is 0 Å². The molecule has 1 aromatic rings. The summed E-state index contributed by atoms with van der Waals surface area (Å²) < 4.78 is 5.40. The molecule has 16 heavy (non-hydrogen) atoms. The van der Waals surface area contributed by atoms with Gasteiger partial charge < -0.3 is 10.1 Å². The lowest BCUT2D eigenvalue weighted by Gasteiger charge is -2.30. The topological polar surface area (TPSA) is 21.3 Å². The van der Waals surface area contributed by atoms with Gasteiger partial charge in [0.1, 0.15) is 0 Å². The molecule has 1 aliphatic heterocycles. The lowest BCUT2D eigenvalue weighted by Crippen LogP contribution is -2.30. The standard InChI is InChI=1S/C13H18ClNO/c1-15-13(10-6-8-16-9-7-10)11-4-2-3-5-12(11)14/h2-5,10,13,15H,6-9H2,1H3. The summed E-state index contributed by atoms with van der Waals surface area (Å²) in [6.07, 6.45) is 2.22. The van der Waals surface area contributed by atoms with Crippen LogP contribution in [0, 0.1) is 5.92 Å². The second-order valence-electron chi connectivity index (χ2n) is 4.24. The van der Waals surface area contributed by atoms with Crippen LogP contribution in [0.15, 0.2) is 24.3 Å². The van der Waals surface area contributed by atoms with Gasteiger partial charge in [-0.15, -0.1) is 0 Å². The van der Waals surface area contributed by atoms with Gasteiger partial charge in [-0.25, -0.2) is 0 Å². The molecule has 0 aromatic heterocycles. The van der Waals surface area contributed by atoms with Gasteiger partial charge >= 0.3 is 0 Å². The summed E-state index contributed by atoms with van der Waals surface area (Å²) in [6.45, 7) is 1.74. The summed E-state index contributed by atoms with van der Waals surface area (Å²) in [6, 6.07) is 8.44. The third-order valence-corrected chi connectivity index (χ3v) is 3.63. The van der Waals surface area contributed by atoms with Crippen LogP contribution < -0.4 is 5.32 Å². The summed E-state index contributed by atoms with van der Waals surface area (Å²) in [5.41, 5.74) is 1.21. The highest BCUT2D eigenvalue weighted by Gasteiger charge is 2.25. The molecule has 88 valence electrons. The minimum Gasteiger partial charge on any atom is -0.381 e. The highest BCUT2D eigenvalue weighted by Crippen LogP contribution is 2.33. The zero-order valence-electron chi connectivity index (χ0n) is 9.58. The van der Waals surface area contributed by atoms with Crippen molar-refractivity contribution in [1.29, 1.82) is 0 Å². The first kappa shape index (κ1) is 11.9. The van der Waals surface area contributed by atoms with Gasteiger partial charge in [-0.3, -0.25) is 0 Å². The molecule has 3 heteroatoms. The van der Waals surface area contributed by atoms with E-state index in [9.17, 15) is 0 Å². The molecule has 1 unspecified atom stereocenters. The van der Waals surface area contributed by atoms with Gasteiger partial charge in [-0.05, 0) is 37.4 Å². The first-order valence-electron chi connectivity index (χ1n) is 5.82. The maximum Gasteiger partial charge on any atom is 0.0469 e. The Kier molecular flexibility index (Phi) is 4.22. The molecule has 0 aliphatic carbocycles. The predicted molar refractivity (Wildman–Crippen MR) is 66.8 cm³/mol. The zero-order chi connectivity index (χ0) is 11.4. The minimum atomic E-state index is 0.345. The highest BCUT2D eigenvalue weighted by atomic mass is 35.5. The van der Waals surface area contributed by atoms with Crippen LogP contribution in [0.5, 0.6) is 0 Å². The van der Waals surface area contributed by atoms with Crippen molar-refractivity contribution in [3.8, 4) is 0 Å². The molecule has 1 aromatic carbocycles. The third-order valence-electron chi connectivity index (χ3n) is 3.29. The van der Waals surface area contributed by atoms with E-state index in [1.807, 2.05) is 25.2 Å². The lowest BCUT2D eigenvalue weighted by molar-refractivity contribution is 0.0546. The number of nitrogens with one attached hydrogen (secondary N) is 1. The number of rotatable bonds is 3. The Bertz CT molecular complexity index is 336. The Morgan fingerprint density at radius 2 is 2.00 bits per heavy atom. The molecule has 1 saturated heterocycles. The third kappa shape index (κ3) is 2.57. The van der Waals surface area contributed by atoms with Crippen molar-refractivity contribution in [3.63, 3.8) is 0 Å². The Morgan fingerprint density at radius 3 is 2.62 bits per heavy atom. The van der Waals surface area contributed by atoms with E-state index in [1.54, 1.807) is 0 Å². The van der Waals surface area contributed by atoms with Crippen LogP contribution >= 0.6 is 11.6 Å². The van der Waals surface area contributed by atoms with E-state index >= 15 is 0 Å². The van der Waals surface area contributed by atoms with E-state index in [0.717, 1.165) is 31.1 Å². The predicted octanol–water partition coefficient (Wildman–Crippen LogP) is 3.03. The maximum absolute atomic E-state index is 6.25. The molecule has 0 radical (unpaired) electrons. The first-order chi connectivity index (χ1) is 7.83. The first-order valence-corrected chi connectivity index (χ1v) is 6.20. The quantitative estimate of drug-likeness (QED) is 0.876. The number of hydrogen-bond donors (Lipinski definition) is 1. The average molecular weight is 240 g/mol. The van der Waals surface area contributed by atoms with Gasteiger partial charge in [0.2, 0.25) is 0 Å². The van der Waals surface area contributed by atoms with E-state index in [4.69, 9.17) is 16.3 Å². The van der Waals surface area contributed by atoms with Crippen molar-refractivity contribution in [2.75, 3.05) is 20.3 Å². The van der Waals surface area contributed by atoms with Gasteiger partial charge in [0, 0.05) is 24.3 Å². The molecule has 0 saturated carbocycles. The largest absolute Gasteiger partial charge is 0.381 e.